The fourth-order valence-corrected chi connectivity index (χ4v) is 3.33. The van der Waals surface area contributed by atoms with Crippen molar-refractivity contribution in [3.8, 4) is 5.06 Å². The van der Waals surface area contributed by atoms with Crippen LogP contribution in [0.5, 0.6) is 5.06 Å². The van der Waals surface area contributed by atoms with Crippen molar-refractivity contribution in [1.29, 1.82) is 0 Å². The van der Waals surface area contributed by atoms with E-state index in [1.165, 1.54) is 19.2 Å². The SMILES string of the molecule is COc1cc2cc(I)cc(CCl)c2s1. The van der Waals surface area contributed by atoms with E-state index < -0.39 is 0 Å². The van der Waals surface area contributed by atoms with Gasteiger partial charge in [-0.15, -0.1) is 11.6 Å². The summed E-state index contributed by atoms with van der Waals surface area (Å²) in [5, 5.41) is 2.16. The largest absolute Gasteiger partial charge is 0.487 e. The molecule has 4 heteroatoms. The summed E-state index contributed by atoms with van der Waals surface area (Å²) in [5.41, 5.74) is 1.18. The number of methoxy groups -OCH3 is 1. The van der Waals surface area contributed by atoms with E-state index in [2.05, 4.69) is 40.8 Å². The molecule has 0 saturated carbocycles. The molecule has 0 bridgehead atoms. The van der Waals surface area contributed by atoms with E-state index in [1.807, 2.05) is 0 Å². The Bertz CT molecular complexity index is 466. The Morgan fingerprint density at radius 2 is 2.21 bits per heavy atom. The van der Waals surface area contributed by atoms with Gasteiger partial charge < -0.3 is 4.74 Å². The van der Waals surface area contributed by atoms with E-state index in [0.29, 0.717) is 5.88 Å². The predicted molar refractivity (Wildman–Crippen MR) is 70.7 cm³/mol. The molecule has 1 nitrogen and oxygen atoms in total. The van der Waals surface area contributed by atoms with Crippen molar-refractivity contribution < 1.29 is 4.74 Å². The van der Waals surface area contributed by atoms with Crippen LogP contribution in [0.3, 0.4) is 0 Å². The van der Waals surface area contributed by atoms with Crippen molar-refractivity contribution in [2.45, 2.75) is 5.88 Å². The Morgan fingerprint density at radius 1 is 1.43 bits per heavy atom. The first-order valence-electron chi connectivity index (χ1n) is 4.06. The lowest BCUT2D eigenvalue weighted by molar-refractivity contribution is 0.427. The second-order valence-corrected chi connectivity index (χ2v) is 5.41. The Labute approximate surface area is 105 Å². The highest BCUT2D eigenvalue weighted by molar-refractivity contribution is 14.1. The van der Waals surface area contributed by atoms with Gasteiger partial charge in [0.2, 0.25) is 0 Å². The minimum absolute atomic E-state index is 0.553. The van der Waals surface area contributed by atoms with Crippen molar-refractivity contribution >= 4 is 55.6 Å². The molecule has 0 fully saturated rings. The van der Waals surface area contributed by atoms with Crippen molar-refractivity contribution in [2.75, 3.05) is 7.11 Å². The molecule has 2 aromatic rings. The molecule has 14 heavy (non-hydrogen) atoms. The summed E-state index contributed by atoms with van der Waals surface area (Å²) in [6.07, 6.45) is 0. The summed E-state index contributed by atoms with van der Waals surface area (Å²) < 4.78 is 7.66. The zero-order chi connectivity index (χ0) is 10.1. The zero-order valence-electron chi connectivity index (χ0n) is 7.51. The van der Waals surface area contributed by atoms with Gasteiger partial charge in [-0.3, -0.25) is 0 Å². The molecule has 0 unspecified atom stereocenters. The summed E-state index contributed by atoms with van der Waals surface area (Å²) >= 11 is 9.84. The Hall–Kier alpha value is -0.000000000000000139. The van der Waals surface area contributed by atoms with Crippen LogP contribution in [0.1, 0.15) is 5.56 Å². The first kappa shape index (κ1) is 10.5. The number of fused-ring (bicyclic) bond motifs is 1. The molecule has 0 spiro atoms. The van der Waals surface area contributed by atoms with Crippen LogP contribution in [0.2, 0.25) is 0 Å². The molecule has 0 atom stereocenters. The number of halogens is 2. The molecule has 0 aliphatic rings. The lowest BCUT2D eigenvalue weighted by Crippen LogP contribution is -1.79. The third kappa shape index (κ3) is 1.85. The van der Waals surface area contributed by atoms with Gasteiger partial charge >= 0.3 is 0 Å². The average molecular weight is 339 g/mol. The van der Waals surface area contributed by atoms with E-state index in [9.17, 15) is 0 Å². The summed E-state index contributed by atoms with van der Waals surface area (Å²) in [6, 6.07) is 6.31. The molecule has 74 valence electrons. The van der Waals surface area contributed by atoms with Gasteiger partial charge in [-0.05, 0) is 51.7 Å². The minimum Gasteiger partial charge on any atom is -0.487 e. The standard InChI is InChI=1S/C10H8ClIOS/c1-13-9-4-6-2-8(12)3-7(5-11)10(6)14-9/h2-4H,5H2,1H3. The molecule has 0 aliphatic carbocycles. The van der Waals surface area contributed by atoms with Crippen LogP contribution in [-0.4, -0.2) is 7.11 Å². The summed E-state index contributed by atoms with van der Waals surface area (Å²) in [7, 11) is 1.69. The van der Waals surface area contributed by atoms with E-state index >= 15 is 0 Å². The van der Waals surface area contributed by atoms with Gasteiger partial charge in [0.05, 0.1) is 7.11 Å². The van der Waals surface area contributed by atoms with Crippen LogP contribution in [0.25, 0.3) is 10.1 Å². The van der Waals surface area contributed by atoms with Gasteiger partial charge in [0.15, 0.2) is 5.06 Å². The van der Waals surface area contributed by atoms with Crippen molar-refractivity contribution in [1.82, 2.24) is 0 Å². The first-order chi connectivity index (χ1) is 6.74. The third-order valence-corrected chi connectivity index (χ3v) is 4.08. The summed E-state index contributed by atoms with van der Waals surface area (Å²) in [6.45, 7) is 0. The number of hydrogen-bond acceptors (Lipinski definition) is 2. The Morgan fingerprint density at radius 3 is 2.86 bits per heavy atom. The monoisotopic (exact) mass is 338 g/mol. The number of ether oxygens (including phenoxy) is 1. The number of alkyl halides is 1. The number of thiophene rings is 1. The lowest BCUT2D eigenvalue weighted by atomic mass is 10.2. The van der Waals surface area contributed by atoms with Crippen LogP contribution >= 0.6 is 45.5 Å². The smallest absolute Gasteiger partial charge is 0.174 e. The molecule has 0 amide bonds. The third-order valence-electron chi connectivity index (χ3n) is 1.98. The summed E-state index contributed by atoms with van der Waals surface area (Å²) in [5.74, 6) is 0.553. The van der Waals surface area contributed by atoms with Gasteiger partial charge in [0.1, 0.15) is 0 Å². The van der Waals surface area contributed by atoms with Crippen LogP contribution in [-0.2, 0) is 5.88 Å². The maximum Gasteiger partial charge on any atom is 0.174 e. The Kier molecular flexibility index (Phi) is 3.19. The number of hydrogen-bond donors (Lipinski definition) is 0. The highest BCUT2D eigenvalue weighted by atomic mass is 127. The second-order valence-electron chi connectivity index (χ2n) is 2.89. The number of rotatable bonds is 2. The van der Waals surface area contributed by atoms with Crippen LogP contribution in [0.4, 0.5) is 0 Å². The van der Waals surface area contributed by atoms with Gasteiger partial charge in [0, 0.05) is 14.2 Å². The molecule has 1 heterocycles. The fourth-order valence-electron chi connectivity index (χ4n) is 1.36. The molecular formula is C10H8ClIOS. The van der Waals surface area contributed by atoms with Gasteiger partial charge in [0.25, 0.3) is 0 Å². The van der Waals surface area contributed by atoms with Gasteiger partial charge in [-0.25, -0.2) is 0 Å². The molecule has 0 saturated heterocycles. The minimum atomic E-state index is 0.553. The van der Waals surface area contributed by atoms with E-state index in [0.717, 1.165) is 5.06 Å². The van der Waals surface area contributed by atoms with Gasteiger partial charge in [-0.1, -0.05) is 11.3 Å². The molecule has 1 aromatic heterocycles. The quantitative estimate of drug-likeness (QED) is 0.587. The predicted octanol–water partition coefficient (Wildman–Crippen LogP) is 4.25. The van der Waals surface area contributed by atoms with Crippen molar-refractivity contribution in [3.63, 3.8) is 0 Å². The normalized spacial score (nSPS) is 10.8. The maximum atomic E-state index is 5.89. The lowest BCUT2D eigenvalue weighted by Gasteiger charge is -1.98. The van der Waals surface area contributed by atoms with Crippen LogP contribution < -0.4 is 4.74 Å². The topological polar surface area (TPSA) is 9.23 Å². The second kappa shape index (κ2) is 4.24. The fraction of sp³-hybridized carbons (Fsp3) is 0.200. The van der Waals surface area contributed by atoms with Crippen LogP contribution in [0.15, 0.2) is 18.2 Å². The maximum absolute atomic E-state index is 5.89. The molecule has 2 rings (SSSR count). The van der Waals surface area contributed by atoms with Crippen LogP contribution in [0, 0.1) is 3.57 Å². The first-order valence-corrected chi connectivity index (χ1v) is 6.49. The molecular weight excluding hydrogens is 331 g/mol. The van der Waals surface area contributed by atoms with Crippen molar-refractivity contribution in [3.05, 3.63) is 27.3 Å². The summed E-state index contributed by atoms with van der Waals surface area (Å²) in [4.78, 5) is 0. The number of benzene rings is 1. The van der Waals surface area contributed by atoms with E-state index in [1.54, 1.807) is 18.4 Å². The van der Waals surface area contributed by atoms with E-state index in [-0.39, 0.29) is 0 Å². The highest BCUT2D eigenvalue weighted by Gasteiger charge is 2.07. The van der Waals surface area contributed by atoms with Gasteiger partial charge in [-0.2, -0.15) is 0 Å². The average Bonchev–Trinajstić information content (AvgIpc) is 2.59. The Balaban J connectivity index is 2.71. The molecule has 1 aromatic carbocycles. The highest BCUT2D eigenvalue weighted by Crippen LogP contribution is 2.35. The molecule has 0 radical (unpaired) electrons. The van der Waals surface area contributed by atoms with E-state index in [4.69, 9.17) is 16.3 Å². The molecule has 0 aliphatic heterocycles. The van der Waals surface area contributed by atoms with Crippen molar-refractivity contribution in [2.24, 2.45) is 0 Å². The molecule has 0 N–H and O–H groups in total. The zero-order valence-corrected chi connectivity index (χ0v) is 11.2.